The van der Waals surface area contributed by atoms with Crippen molar-refractivity contribution in [3.05, 3.63) is 54.1 Å². The molecule has 64 valence electrons. The number of nitrogens with zero attached hydrogens (tertiary/aromatic N) is 1. The molecule has 0 aromatic heterocycles. The normalized spacial score (nSPS) is 10.6. The van der Waals surface area contributed by atoms with E-state index in [2.05, 4.69) is 12.6 Å². The first-order valence-electron chi connectivity index (χ1n) is 4.08. The topological polar surface area (TPSA) is 23.8 Å². The van der Waals surface area contributed by atoms with Gasteiger partial charge in [0.05, 0.1) is 11.6 Å². The molecule has 1 aromatic carbocycles. The zero-order chi connectivity index (χ0) is 9.68. The maximum absolute atomic E-state index is 8.59. The van der Waals surface area contributed by atoms with Gasteiger partial charge in [-0.2, -0.15) is 5.26 Å². The highest BCUT2D eigenvalue weighted by Crippen LogP contribution is 2.13. The molecule has 0 saturated heterocycles. The third-order valence-corrected chi connectivity index (χ3v) is 1.84. The van der Waals surface area contributed by atoms with E-state index in [9.17, 15) is 0 Å². The van der Waals surface area contributed by atoms with Gasteiger partial charge in [0, 0.05) is 0 Å². The molecule has 1 aromatic rings. The molecule has 0 saturated carbocycles. The van der Waals surface area contributed by atoms with Gasteiger partial charge in [0.25, 0.3) is 0 Å². The van der Waals surface area contributed by atoms with Crippen molar-refractivity contribution in [3.8, 4) is 6.07 Å². The van der Waals surface area contributed by atoms with Crippen molar-refractivity contribution in [2.45, 2.75) is 6.92 Å². The van der Waals surface area contributed by atoms with Crippen LogP contribution in [-0.2, 0) is 0 Å². The largest absolute Gasteiger partial charge is 0.192 e. The zero-order valence-corrected chi connectivity index (χ0v) is 7.62. The Morgan fingerprint density at radius 2 is 2.00 bits per heavy atom. The molecule has 0 spiro atoms. The number of nitriles is 1. The molecule has 0 aliphatic heterocycles. The zero-order valence-electron chi connectivity index (χ0n) is 7.62. The molecule has 1 nitrogen and oxygen atoms in total. The average molecular weight is 169 g/mol. The van der Waals surface area contributed by atoms with Crippen LogP contribution in [0.15, 0.2) is 43.0 Å². The second-order valence-corrected chi connectivity index (χ2v) is 2.77. The summed E-state index contributed by atoms with van der Waals surface area (Å²) >= 11 is 0. The van der Waals surface area contributed by atoms with E-state index in [4.69, 9.17) is 5.26 Å². The number of benzene rings is 1. The Bertz CT molecular complexity index is 363. The monoisotopic (exact) mass is 169 g/mol. The summed E-state index contributed by atoms with van der Waals surface area (Å²) in [5.41, 5.74) is 2.97. The van der Waals surface area contributed by atoms with E-state index in [0.29, 0.717) is 5.56 Å². The molecule has 0 bridgehead atoms. The van der Waals surface area contributed by atoms with Crippen molar-refractivity contribution in [2.75, 3.05) is 0 Å². The quantitative estimate of drug-likeness (QED) is 0.624. The van der Waals surface area contributed by atoms with Crippen molar-refractivity contribution in [2.24, 2.45) is 0 Å². The van der Waals surface area contributed by atoms with Gasteiger partial charge in [-0.05, 0) is 30.2 Å². The predicted molar refractivity (Wildman–Crippen MR) is 55.0 cm³/mol. The smallest absolute Gasteiger partial charge is 0.0991 e. The summed E-state index contributed by atoms with van der Waals surface area (Å²) in [4.78, 5) is 0. The van der Waals surface area contributed by atoms with Gasteiger partial charge in [-0.3, -0.25) is 0 Å². The van der Waals surface area contributed by atoms with E-state index in [1.807, 2.05) is 37.3 Å². The van der Waals surface area contributed by atoms with E-state index < -0.39 is 0 Å². The van der Waals surface area contributed by atoms with Gasteiger partial charge < -0.3 is 0 Å². The van der Waals surface area contributed by atoms with Crippen LogP contribution in [0.25, 0.3) is 5.57 Å². The lowest BCUT2D eigenvalue weighted by Gasteiger charge is -1.99. The van der Waals surface area contributed by atoms with E-state index in [1.165, 1.54) is 0 Å². The van der Waals surface area contributed by atoms with Crippen LogP contribution in [0.2, 0.25) is 0 Å². The fourth-order valence-corrected chi connectivity index (χ4v) is 1.08. The van der Waals surface area contributed by atoms with Gasteiger partial charge in [-0.25, -0.2) is 0 Å². The van der Waals surface area contributed by atoms with Crippen molar-refractivity contribution in [3.63, 3.8) is 0 Å². The van der Waals surface area contributed by atoms with Crippen LogP contribution in [0, 0.1) is 11.3 Å². The number of hydrogen-bond acceptors (Lipinski definition) is 1. The molecule has 0 radical (unpaired) electrons. The molecule has 0 atom stereocenters. The summed E-state index contributed by atoms with van der Waals surface area (Å²) in [5.74, 6) is 0. The summed E-state index contributed by atoms with van der Waals surface area (Å²) in [7, 11) is 0. The molecule has 0 amide bonds. The van der Waals surface area contributed by atoms with Gasteiger partial charge in [0.1, 0.15) is 0 Å². The summed E-state index contributed by atoms with van der Waals surface area (Å²) in [6.07, 6.45) is 3.70. The Kier molecular flexibility index (Phi) is 3.05. The van der Waals surface area contributed by atoms with E-state index >= 15 is 0 Å². The van der Waals surface area contributed by atoms with Gasteiger partial charge in [-0.15, -0.1) is 0 Å². The maximum Gasteiger partial charge on any atom is 0.0991 e. The molecule has 0 fully saturated rings. The minimum Gasteiger partial charge on any atom is -0.192 e. The Morgan fingerprint density at radius 1 is 1.38 bits per heavy atom. The highest BCUT2D eigenvalue weighted by Gasteiger charge is 1.94. The van der Waals surface area contributed by atoms with Crippen molar-refractivity contribution in [1.29, 1.82) is 5.26 Å². The number of hydrogen-bond donors (Lipinski definition) is 0. The molecule has 13 heavy (non-hydrogen) atoms. The van der Waals surface area contributed by atoms with Crippen LogP contribution in [0.4, 0.5) is 0 Å². The molecular weight excluding hydrogens is 158 g/mol. The molecule has 0 aliphatic rings. The van der Waals surface area contributed by atoms with Crippen LogP contribution >= 0.6 is 0 Å². The lowest BCUT2D eigenvalue weighted by molar-refractivity contribution is 1.47. The minimum absolute atomic E-state index is 0.690. The Morgan fingerprint density at radius 3 is 2.46 bits per heavy atom. The highest BCUT2D eigenvalue weighted by molar-refractivity contribution is 5.65. The maximum atomic E-state index is 8.59. The summed E-state index contributed by atoms with van der Waals surface area (Å²) in [5, 5.41) is 8.59. The van der Waals surface area contributed by atoms with Crippen LogP contribution < -0.4 is 0 Å². The number of allylic oxidation sites excluding steroid dienone is 3. The summed E-state index contributed by atoms with van der Waals surface area (Å²) < 4.78 is 0. The molecule has 1 heteroatoms. The molecule has 0 N–H and O–H groups in total. The molecule has 0 unspecified atom stereocenters. The van der Waals surface area contributed by atoms with Crippen LogP contribution in [0.3, 0.4) is 0 Å². The van der Waals surface area contributed by atoms with E-state index in [-0.39, 0.29) is 0 Å². The lowest BCUT2D eigenvalue weighted by Crippen LogP contribution is -1.79. The summed E-state index contributed by atoms with van der Waals surface area (Å²) in [6.45, 7) is 5.65. The highest BCUT2D eigenvalue weighted by atomic mass is 14.2. The fraction of sp³-hybridized carbons (Fsp3) is 0.0833. The van der Waals surface area contributed by atoms with Crippen molar-refractivity contribution >= 4 is 5.57 Å². The SMILES string of the molecule is C=C/C=C(/C)c1ccc(C#N)cc1. The third-order valence-electron chi connectivity index (χ3n) is 1.84. The average Bonchev–Trinajstić information content (AvgIpc) is 2.18. The van der Waals surface area contributed by atoms with Crippen LogP contribution in [-0.4, -0.2) is 0 Å². The predicted octanol–water partition coefficient (Wildman–Crippen LogP) is 3.15. The van der Waals surface area contributed by atoms with Crippen molar-refractivity contribution < 1.29 is 0 Å². The van der Waals surface area contributed by atoms with E-state index in [1.54, 1.807) is 6.08 Å². The molecular formula is C12H11N. The van der Waals surface area contributed by atoms with Gasteiger partial charge >= 0.3 is 0 Å². The Hall–Kier alpha value is -1.81. The second kappa shape index (κ2) is 4.27. The van der Waals surface area contributed by atoms with E-state index in [0.717, 1.165) is 11.1 Å². The Balaban J connectivity index is 3.00. The second-order valence-electron chi connectivity index (χ2n) is 2.77. The summed E-state index contributed by atoms with van der Waals surface area (Å²) in [6, 6.07) is 9.59. The third kappa shape index (κ3) is 2.31. The molecule has 0 aliphatic carbocycles. The minimum atomic E-state index is 0.690. The van der Waals surface area contributed by atoms with Gasteiger partial charge in [-0.1, -0.05) is 30.9 Å². The molecule has 0 heterocycles. The van der Waals surface area contributed by atoms with Crippen LogP contribution in [0.5, 0.6) is 0 Å². The molecule has 1 rings (SSSR count). The Labute approximate surface area is 78.6 Å². The standard InChI is InChI=1S/C12H11N/c1-3-4-10(2)12-7-5-11(9-13)6-8-12/h3-8H,1H2,2H3/b10-4-. The van der Waals surface area contributed by atoms with Crippen LogP contribution in [0.1, 0.15) is 18.1 Å². The lowest BCUT2D eigenvalue weighted by atomic mass is 10.1. The number of rotatable bonds is 2. The van der Waals surface area contributed by atoms with Gasteiger partial charge in [0.15, 0.2) is 0 Å². The first-order valence-corrected chi connectivity index (χ1v) is 4.08. The first kappa shape index (κ1) is 9.28. The fourth-order valence-electron chi connectivity index (χ4n) is 1.08. The first-order chi connectivity index (χ1) is 6.27. The van der Waals surface area contributed by atoms with Gasteiger partial charge in [0.2, 0.25) is 0 Å². The van der Waals surface area contributed by atoms with Crippen molar-refractivity contribution in [1.82, 2.24) is 0 Å².